The molecule has 4 nitrogen and oxygen atoms in total. The van der Waals surface area contributed by atoms with Gasteiger partial charge in [0.1, 0.15) is 5.92 Å². The second-order valence-corrected chi connectivity index (χ2v) is 4.27. The maximum atomic E-state index is 11.4. The largest absolute Gasteiger partial charge is 0.481 e. The standard InChI is InChI=1S/C15H16O4/c1-18-15(19-2)9-8-12(14(16)17)13(10-15)11-6-4-3-5-7-11/h3-10,12H,1-2H3,(H,16,17). The number of carboxylic acid groups (broad SMARTS) is 1. The first-order chi connectivity index (χ1) is 9.12. The lowest BCUT2D eigenvalue weighted by atomic mass is 9.86. The van der Waals surface area contributed by atoms with Crippen LogP contribution in [-0.4, -0.2) is 31.1 Å². The van der Waals surface area contributed by atoms with Gasteiger partial charge < -0.3 is 14.6 Å². The fourth-order valence-electron chi connectivity index (χ4n) is 2.13. The highest BCUT2D eigenvalue weighted by molar-refractivity contribution is 5.90. The van der Waals surface area contributed by atoms with Gasteiger partial charge in [-0.25, -0.2) is 0 Å². The van der Waals surface area contributed by atoms with Crippen LogP contribution < -0.4 is 0 Å². The Balaban J connectivity index is 2.50. The Morgan fingerprint density at radius 2 is 1.84 bits per heavy atom. The van der Waals surface area contributed by atoms with E-state index in [9.17, 15) is 9.90 Å². The first-order valence-electron chi connectivity index (χ1n) is 5.92. The number of methoxy groups -OCH3 is 2. The molecule has 19 heavy (non-hydrogen) atoms. The molecule has 0 spiro atoms. The predicted octanol–water partition coefficient (Wildman–Crippen LogP) is 2.33. The van der Waals surface area contributed by atoms with Crippen LogP contribution in [-0.2, 0) is 14.3 Å². The monoisotopic (exact) mass is 260 g/mol. The number of carboxylic acids is 1. The second-order valence-electron chi connectivity index (χ2n) is 4.27. The van der Waals surface area contributed by atoms with Crippen LogP contribution in [0.15, 0.2) is 48.6 Å². The van der Waals surface area contributed by atoms with Crippen LogP contribution in [0.3, 0.4) is 0 Å². The molecule has 0 heterocycles. The van der Waals surface area contributed by atoms with Crippen molar-refractivity contribution in [1.82, 2.24) is 0 Å². The van der Waals surface area contributed by atoms with E-state index in [0.717, 1.165) is 5.56 Å². The summed E-state index contributed by atoms with van der Waals surface area (Å²) in [5, 5.41) is 9.31. The van der Waals surface area contributed by atoms with E-state index in [1.807, 2.05) is 30.3 Å². The van der Waals surface area contributed by atoms with E-state index in [1.54, 1.807) is 18.2 Å². The van der Waals surface area contributed by atoms with E-state index in [2.05, 4.69) is 0 Å². The number of hydrogen-bond acceptors (Lipinski definition) is 3. The third-order valence-electron chi connectivity index (χ3n) is 3.22. The van der Waals surface area contributed by atoms with Crippen LogP contribution in [0.4, 0.5) is 0 Å². The summed E-state index contributed by atoms with van der Waals surface area (Å²) in [4.78, 5) is 11.4. The Morgan fingerprint density at radius 3 is 2.37 bits per heavy atom. The molecule has 0 bridgehead atoms. The van der Waals surface area contributed by atoms with Crippen LogP contribution in [0, 0.1) is 5.92 Å². The average Bonchev–Trinajstić information content (AvgIpc) is 2.47. The zero-order chi connectivity index (χ0) is 13.9. The Hall–Kier alpha value is -1.91. The average molecular weight is 260 g/mol. The highest BCUT2D eigenvalue weighted by atomic mass is 16.7. The molecule has 1 unspecified atom stereocenters. The van der Waals surface area contributed by atoms with Crippen LogP contribution in [0.5, 0.6) is 0 Å². The van der Waals surface area contributed by atoms with E-state index in [-0.39, 0.29) is 0 Å². The van der Waals surface area contributed by atoms with Gasteiger partial charge in [-0.3, -0.25) is 4.79 Å². The van der Waals surface area contributed by atoms with E-state index in [0.29, 0.717) is 5.57 Å². The van der Waals surface area contributed by atoms with Crippen LogP contribution >= 0.6 is 0 Å². The molecule has 0 saturated carbocycles. The highest BCUT2D eigenvalue weighted by Gasteiger charge is 2.33. The summed E-state index contributed by atoms with van der Waals surface area (Å²) in [6, 6.07) is 9.37. The van der Waals surface area contributed by atoms with Gasteiger partial charge in [0.2, 0.25) is 5.79 Å². The number of aliphatic carboxylic acids is 1. The summed E-state index contributed by atoms with van der Waals surface area (Å²) >= 11 is 0. The minimum absolute atomic E-state index is 0.666. The Labute approximate surface area is 112 Å². The predicted molar refractivity (Wildman–Crippen MR) is 71.4 cm³/mol. The minimum Gasteiger partial charge on any atom is -0.481 e. The van der Waals surface area contributed by atoms with Crippen molar-refractivity contribution in [2.75, 3.05) is 14.2 Å². The van der Waals surface area contributed by atoms with Crippen LogP contribution in [0.2, 0.25) is 0 Å². The Morgan fingerprint density at radius 1 is 1.21 bits per heavy atom. The molecular weight excluding hydrogens is 244 g/mol. The van der Waals surface area contributed by atoms with Gasteiger partial charge in [0, 0.05) is 14.2 Å². The first kappa shape index (κ1) is 13.5. The topological polar surface area (TPSA) is 55.8 Å². The van der Waals surface area contributed by atoms with Gasteiger partial charge in [0.25, 0.3) is 0 Å². The van der Waals surface area contributed by atoms with E-state index in [1.165, 1.54) is 14.2 Å². The van der Waals surface area contributed by atoms with Gasteiger partial charge >= 0.3 is 5.97 Å². The van der Waals surface area contributed by atoms with Crippen LogP contribution in [0.25, 0.3) is 5.57 Å². The van der Waals surface area contributed by atoms with Gasteiger partial charge in [-0.05, 0) is 23.3 Å². The molecule has 1 atom stereocenters. The number of ether oxygens (including phenoxy) is 2. The minimum atomic E-state index is -1.00. The van der Waals surface area contributed by atoms with Crippen molar-refractivity contribution in [2.45, 2.75) is 5.79 Å². The molecule has 1 N–H and O–H groups in total. The third-order valence-corrected chi connectivity index (χ3v) is 3.22. The zero-order valence-corrected chi connectivity index (χ0v) is 10.9. The molecule has 0 aliphatic heterocycles. The van der Waals surface area contributed by atoms with Gasteiger partial charge in [-0.1, -0.05) is 36.4 Å². The lowest BCUT2D eigenvalue weighted by Crippen LogP contribution is -2.33. The third kappa shape index (κ3) is 2.59. The molecule has 1 aliphatic rings. The number of rotatable bonds is 4. The molecule has 0 saturated heterocycles. The van der Waals surface area contributed by atoms with Crippen molar-refractivity contribution < 1.29 is 19.4 Å². The van der Waals surface area contributed by atoms with Crippen molar-refractivity contribution in [2.24, 2.45) is 5.92 Å². The van der Waals surface area contributed by atoms with E-state index in [4.69, 9.17) is 9.47 Å². The van der Waals surface area contributed by atoms with Gasteiger partial charge in [-0.2, -0.15) is 0 Å². The summed E-state index contributed by atoms with van der Waals surface area (Å²) in [5.74, 6) is -2.59. The van der Waals surface area contributed by atoms with Crippen molar-refractivity contribution >= 4 is 11.5 Å². The summed E-state index contributed by atoms with van der Waals surface area (Å²) in [7, 11) is 3.04. The summed E-state index contributed by atoms with van der Waals surface area (Å²) < 4.78 is 10.7. The molecule has 0 aromatic heterocycles. The molecule has 100 valence electrons. The quantitative estimate of drug-likeness (QED) is 0.667. The highest BCUT2D eigenvalue weighted by Crippen LogP contribution is 2.34. The van der Waals surface area contributed by atoms with Gasteiger partial charge in [-0.15, -0.1) is 0 Å². The lowest BCUT2D eigenvalue weighted by molar-refractivity contribution is -0.140. The van der Waals surface area contributed by atoms with Crippen molar-refractivity contribution in [1.29, 1.82) is 0 Å². The van der Waals surface area contributed by atoms with Crippen molar-refractivity contribution in [3.8, 4) is 0 Å². The summed E-state index contributed by atoms with van der Waals surface area (Å²) in [6.07, 6.45) is 4.93. The maximum Gasteiger partial charge on any atom is 0.314 e. The first-order valence-corrected chi connectivity index (χ1v) is 5.92. The summed E-state index contributed by atoms with van der Waals surface area (Å²) in [5.41, 5.74) is 1.51. The second kappa shape index (κ2) is 5.38. The Kier molecular flexibility index (Phi) is 3.83. The molecule has 0 fully saturated rings. The molecule has 0 radical (unpaired) electrons. The van der Waals surface area contributed by atoms with Gasteiger partial charge in [0.15, 0.2) is 0 Å². The molecule has 2 rings (SSSR count). The smallest absolute Gasteiger partial charge is 0.314 e. The molecule has 1 aliphatic carbocycles. The van der Waals surface area contributed by atoms with E-state index >= 15 is 0 Å². The number of hydrogen-bond donors (Lipinski definition) is 1. The van der Waals surface area contributed by atoms with Crippen molar-refractivity contribution in [3.05, 3.63) is 54.1 Å². The zero-order valence-electron chi connectivity index (χ0n) is 10.9. The number of carbonyl (C=O) groups is 1. The molecule has 1 aromatic rings. The van der Waals surface area contributed by atoms with Crippen LogP contribution in [0.1, 0.15) is 5.56 Å². The molecule has 4 heteroatoms. The molecule has 0 amide bonds. The maximum absolute atomic E-state index is 11.4. The van der Waals surface area contributed by atoms with Crippen molar-refractivity contribution in [3.63, 3.8) is 0 Å². The molecule has 1 aromatic carbocycles. The normalized spacial score (nSPS) is 20.9. The Bertz CT molecular complexity index is 512. The fraction of sp³-hybridized carbons (Fsp3) is 0.267. The lowest BCUT2D eigenvalue weighted by Gasteiger charge is -2.30. The fourth-order valence-corrected chi connectivity index (χ4v) is 2.13. The van der Waals surface area contributed by atoms with Gasteiger partial charge in [0.05, 0.1) is 0 Å². The summed E-state index contributed by atoms with van der Waals surface area (Å²) in [6.45, 7) is 0. The molecular formula is C15H16O4. The SMILES string of the molecule is COC1(OC)C=CC(C(=O)O)C(c2ccccc2)=C1. The van der Waals surface area contributed by atoms with E-state index < -0.39 is 17.7 Å². The number of benzene rings is 1.